The summed E-state index contributed by atoms with van der Waals surface area (Å²) in [7, 11) is 0. The van der Waals surface area contributed by atoms with Crippen LogP contribution < -0.4 is 0 Å². The van der Waals surface area contributed by atoms with Gasteiger partial charge in [0.25, 0.3) is 0 Å². The topological polar surface area (TPSA) is 12.5 Å². The Bertz CT molecular complexity index is 631. The van der Waals surface area contributed by atoms with Crippen LogP contribution in [0.25, 0.3) is 0 Å². The van der Waals surface area contributed by atoms with Crippen LogP contribution in [-0.2, 0) is 4.74 Å². The van der Waals surface area contributed by atoms with Crippen molar-refractivity contribution in [2.75, 3.05) is 5.75 Å². The highest BCUT2D eigenvalue weighted by atomic mass is 32.2. The van der Waals surface area contributed by atoms with Gasteiger partial charge in [-0.3, -0.25) is 0 Å². The van der Waals surface area contributed by atoms with Gasteiger partial charge in [0.1, 0.15) is 0 Å². The van der Waals surface area contributed by atoms with Crippen LogP contribution in [0.5, 0.6) is 0 Å². The average molecular weight is 447 g/mol. The van der Waals surface area contributed by atoms with E-state index >= 15 is 0 Å². The van der Waals surface area contributed by atoms with Gasteiger partial charge in [-0.2, -0.15) is 11.8 Å². The Kier molecular flexibility index (Phi) is 13.8. The van der Waals surface area contributed by atoms with E-state index in [1.807, 2.05) is 0 Å². The van der Waals surface area contributed by atoms with Crippen molar-refractivity contribution in [3.63, 3.8) is 0 Å². The molecular weight excluding hydrogens is 396 g/mol. The van der Waals surface area contributed by atoms with Crippen molar-refractivity contribution in [3.8, 4) is 0 Å². The maximum atomic E-state index is 5.68. The van der Waals surface area contributed by atoms with Crippen molar-refractivity contribution in [1.82, 2.24) is 0 Å². The molecule has 0 amide bonds. The van der Waals surface area contributed by atoms with Crippen LogP contribution in [-0.4, -0.2) is 22.7 Å². The molecule has 1 saturated heterocycles. The second kappa shape index (κ2) is 15.2. The predicted molar refractivity (Wildman–Crippen MR) is 143 cm³/mol. The van der Waals surface area contributed by atoms with E-state index in [2.05, 4.69) is 91.5 Å². The fourth-order valence-electron chi connectivity index (χ4n) is 3.72. The number of unbranched alkanes of at least 4 members (excludes halogenated alkanes) is 1. The minimum absolute atomic E-state index is 0.134. The average Bonchev–Trinajstić information content (AvgIpc) is 3.30. The van der Waals surface area contributed by atoms with Crippen LogP contribution in [0, 0.1) is 0 Å². The number of thioether (sulfide) groups is 1. The van der Waals surface area contributed by atoms with E-state index < -0.39 is 0 Å². The number of epoxide rings is 1. The van der Waals surface area contributed by atoms with Gasteiger partial charge in [-0.25, -0.2) is 0 Å². The van der Waals surface area contributed by atoms with Crippen LogP contribution in [0.4, 0.5) is 0 Å². The SMILES string of the molecule is CC(C)=CCCC(C)SCCC(C)=CCCC=C(C)CCC=C(C)CCC1OC1(C)C. The summed E-state index contributed by atoms with van der Waals surface area (Å²) in [6, 6.07) is 0. The largest absolute Gasteiger partial charge is 0.367 e. The Labute approximate surface area is 198 Å². The first-order valence-corrected chi connectivity index (χ1v) is 13.5. The van der Waals surface area contributed by atoms with Gasteiger partial charge < -0.3 is 4.74 Å². The fourth-order valence-corrected chi connectivity index (χ4v) is 4.87. The summed E-state index contributed by atoms with van der Waals surface area (Å²) < 4.78 is 5.68. The second-order valence-corrected chi connectivity index (χ2v) is 11.9. The van der Waals surface area contributed by atoms with Crippen molar-refractivity contribution in [3.05, 3.63) is 46.6 Å². The molecule has 0 aliphatic carbocycles. The molecule has 0 aromatic heterocycles. The molecule has 0 spiro atoms. The van der Waals surface area contributed by atoms with Gasteiger partial charge in [0.2, 0.25) is 0 Å². The summed E-state index contributed by atoms with van der Waals surface area (Å²) in [5, 5.41) is 0.764. The highest BCUT2D eigenvalue weighted by molar-refractivity contribution is 7.99. The third-order valence-corrected chi connectivity index (χ3v) is 7.42. The molecule has 1 aliphatic heterocycles. The zero-order chi connectivity index (χ0) is 23.3. The monoisotopic (exact) mass is 446 g/mol. The first-order valence-electron chi connectivity index (χ1n) is 12.5. The Hall–Kier alpha value is -0.730. The maximum Gasteiger partial charge on any atom is 0.0892 e. The molecule has 0 bridgehead atoms. The summed E-state index contributed by atoms with van der Waals surface area (Å²) in [6.45, 7) is 18.0. The van der Waals surface area contributed by atoms with Crippen LogP contribution in [0.2, 0.25) is 0 Å². The number of hydrogen-bond acceptors (Lipinski definition) is 2. The van der Waals surface area contributed by atoms with Crippen LogP contribution in [0.15, 0.2) is 46.6 Å². The zero-order valence-corrected chi connectivity index (χ0v) is 22.7. The van der Waals surface area contributed by atoms with Crippen molar-refractivity contribution in [2.24, 2.45) is 0 Å². The van der Waals surface area contributed by atoms with Gasteiger partial charge in [-0.15, -0.1) is 0 Å². The molecule has 0 N–H and O–H groups in total. The molecule has 0 radical (unpaired) electrons. The number of rotatable bonds is 16. The first kappa shape index (κ1) is 28.3. The van der Waals surface area contributed by atoms with Gasteiger partial charge >= 0.3 is 0 Å². The summed E-state index contributed by atoms with van der Waals surface area (Å²) in [5.41, 5.74) is 6.17. The van der Waals surface area contributed by atoms with Gasteiger partial charge in [-0.05, 0) is 112 Å². The molecule has 1 nitrogen and oxygen atoms in total. The summed E-state index contributed by atoms with van der Waals surface area (Å²) >= 11 is 2.13. The quantitative estimate of drug-likeness (QED) is 0.133. The number of ether oxygens (including phenoxy) is 1. The standard InChI is InChI=1S/C29H50OS/c1-23(2)13-11-18-27(6)31-22-21-26(5)15-10-9-14-24(3)16-12-17-25(4)19-20-28-29(7,8)30-28/h13-15,17,27-28H,9-12,16,18-22H2,1-8H3. The number of hydrogen-bond donors (Lipinski definition) is 0. The molecule has 0 aromatic rings. The molecular formula is C29H50OS. The molecule has 2 heteroatoms. The Balaban J connectivity index is 2.10. The molecule has 0 aromatic carbocycles. The molecule has 31 heavy (non-hydrogen) atoms. The van der Waals surface area contributed by atoms with Gasteiger partial charge in [0, 0.05) is 5.25 Å². The molecule has 1 rings (SSSR count). The van der Waals surface area contributed by atoms with E-state index in [0.717, 1.165) is 5.25 Å². The Morgan fingerprint density at radius 1 is 0.806 bits per heavy atom. The van der Waals surface area contributed by atoms with Crippen molar-refractivity contribution in [1.29, 1.82) is 0 Å². The molecule has 178 valence electrons. The third-order valence-electron chi connectivity index (χ3n) is 6.17. The lowest BCUT2D eigenvalue weighted by molar-refractivity contribution is 0.320. The van der Waals surface area contributed by atoms with E-state index in [9.17, 15) is 0 Å². The van der Waals surface area contributed by atoms with E-state index in [-0.39, 0.29) is 5.60 Å². The summed E-state index contributed by atoms with van der Waals surface area (Å²) in [6.07, 6.45) is 20.9. The van der Waals surface area contributed by atoms with Gasteiger partial charge in [0.15, 0.2) is 0 Å². The van der Waals surface area contributed by atoms with Crippen molar-refractivity contribution < 1.29 is 4.74 Å². The second-order valence-electron chi connectivity index (χ2n) is 10.3. The summed E-state index contributed by atoms with van der Waals surface area (Å²) in [4.78, 5) is 0. The van der Waals surface area contributed by atoms with E-state index in [1.165, 1.54) is 80.3 Å². The van der Waals surface area contributed by atoms with E-state index in [0.29, 0.717) is 6.10 Å². The van der Waals surface area contributed by atoms with E-state index in [4.69, 9.17) is 4.74 Å². The predicted octanol–water partition coefficient (Wildman–Crippen LogP) is 9.60. The molecule has 2 atom stereocenters. The maximum absolute atomic E-state index is 5.68. The lowest BCUT2D eigenvalue weighted by atomic mass is 10.0. The lowest BCUT2D eigenvalue weighted by Crippen LogP contribution is -2.02. The molecule has 0 saturated carbocycles. The van der Waals surface area contributed by atoms with Crippen molar-refractivity contribution in [2.45, 2.75) is 130 Å². The van der Waals surface area contributed by atoms with Gasteiger partial charge in [-0.1, -0.05) is 53.5 Å². The lowest BCUT2D eigenvalue weighted by Gasteiger charge is -2.10. The van der Waals surface area contributed by atoms with Crippen LogP contribution in [0.1, 0.15) is 113 Å². The zero-order valence-electron chi connectivity index (χ0n) is 21.9. The Morgan fingerprint density at radius 3 is 1.94 bits per heavy atom. The normalized spacial score (nSPS) is 20.0. The van der Waals surface area contributed by atoms with Crippen LogP contribution in [0.3, 0.4) is 0 Å². The molecule has 1 heterocycles. The smallest absolute Gasteiger partial charge is 0.0892 e. The fraction of sp³-hybridized carbons (Fsp3) is 0.724. The molecule has 1 aliphatic rings. The minimum atomic E-state index is 0.134. The Morgan fingerprint density at radius 2 is 1.35 bits per heavy atom. The minimum Gasteiger partial charge on any atom is -0.367 e. The highest BCUT2D eigenvalue weighted by Gasteiger charge is 2.46. The van der Waals surface area contributed by atoms with E-state index in [1.54, 1.807) is 5.57 Å². The van der Waals surface area contributed by atoms with Crippen LogP contribution >= 0.6 is 11.8 Å². The highest BCUT2D eigenvalue weighted by Crippen LogP contribution is 2.38. The summed E-state index contributed by atoms with van der Waals surface area (Å²) in [5.74, 6) is 1.25. The molecule has 1 fully saturated rings. The third kappa shape index (κ3) is 14.9. The number of allylic oxidation sites excluding steroid dienone is 8. The molecule has 2 unspecified atom stereocenters. The van der Waals surface area contributed by atoms with Gasteiger partial charge in [0.05, 0.1) is 11.7 Å². The van der Waals surface area contributed by atoms with Crippen molar-refractivity contribution >= 4 is 11.8 Å². The first-order chi connectivity index (χ1) is 14.6.